The van der Waals surface area contributed by atoms with E-state index in [2.05, 4.69) is 5.10 Å². The Balaban J connectivity index is 2.56. The number of hydrazone groups is 1. The Labute approximate surface area is 65.8 Å². The molecule has 0 N–H and O–H groups in total. The number of hydrogen-bond acceptors (Lipinski definition) is 3. The molecule has 0 bridgehead atoms. The molecule has 1 rings (SSSR count). The van der Waals surface area contributed by atoms with E-state index in [1.54, 1.807) is 13.1 Å². The van der Waals surface area contributed by atoms with Crippen LogP contribution in [0, 0.1) is 0 Å². The normalized spacial score (nSPS) is 31.2. The maximum Gasteiger partial charge on any atom is 0.274 e. The van der Waals surface area contributed by atoms with Crippen molar-refractivity contribution in [3.05, 3.63) is 0 Å². The van der Waals surface area contributed by atoms with Crippen LogP contribution in [0.3, 0.4) is 0 Å². The molecule has 2 atom stereocenters. The van der Waals surface area contributed by atoms with Gasteiger partial charge in [-0.25, -0.2) is 5.01 Å². The SMILES string of the molecule is C/C=N/N1C(=O)[C@@H](OC)[C@H]1C. The molecule has 1 amide bonds. The van der Waals surface area contributed by atoms with Gasteiger partial charge in [0.05, 0.1) is 6.04 Å². The highest BCUT2D eigenvalue weighted by atomic mass is 16.5. The Morgan fingerprint density at radius 2 is 2.36 bits per heavy atom. The molecule has 1 heterocycles. The Kier molecular flexibility index (Phi) is 2.24. The quantitative estimate of drug-likeness (QED) is 0.424. The summed E-state index contributed by atoms with van der Waals surface area (Å²) in [5.41, 5.74) is 0. The van der Waals surface area contributed by atoms with Gasteiger partial charge in [-0.1, -0.05) is 0 Å². The predicted molar refractivity (Wildman–Crippen MR) is 41.3 cm³/mol. The average Bonchev–Trinajstić information content (AvgIpc) is 2.01. The van der Waals surface area contributed by atoms with Gasteiger partial charge in [0.25, 0.3) is 5.91 Å². The Bertz CT molecular complexity index is 191. The van der Waals surface area contributed by atoms with E-state index in [9.17, 15) is 4.79 Å². The van der Waals surface area contributed by atoms with E-state index in [-0.39, 0.29) is 18.1 Å². The van der Waals surface area contributed by atoms with Crippen molar-refractivity contribution < 1.29 is 9.53 Å². The Hall–Kier alpha value is -0.900. The summed E-state index contributed by atoms with van der Waals surface area (Å²) in [6.45, 7) is 3.68. The van der Waals surface area contributed by atoms with Crippen molar-refractivity contribution >= 4 is 12.1 Å². The van der Waals surface area contributed by atoms with E-state index < -0.39 is 0 Å². The summed E-state index contributed by atoms with van der Waals surface area (Å²) in [6.07, 6.45) is 1.30. The Morgan fingerprint density at radius 1 is 1.73 bits per heavy atom. The smallest absolute Gasteiger partial charge is 0.274 e. The zero-order valence-corrected chi connectivity index (χ0v) is 6.94. The van der Waals surface area contributed by atoms with Crippen molar-refractivity contribution in [1.82, 2.24) is 5.01 Å². The number of carbonyl (C=O) groups is 1. The standard InChI is InChI=1S/C7H12N2O2/c1-4-8-9-5(2)6(11-3)7(9)10/h4-6H,1-3H3/b8-4+/t5-,6+/m1/s1. The number of methoxy groups -OCH3 is 1. The molecule has 0 aliphatic carbocycles. The molecule has 4 nitrogen and oxygen atoms in total. The maximum absolute atomic E-state index is 11.1. The number of nitrogens with zero attached hydrogens (tertiary/aromatic N) is 2. The molecule has 1 fully saturated rings. The zero-order chi connectivity index (χ0) is 8.43. The van der Waals surface area contributed by atoms with Gasteiger partial charge in [-0.15, -0.1) is 0 Å². The summed E-state index contributed by atoms with van der Waals surface area (Å²) in [5, 5.41) is 5.29. The van der Waals surface area contributed by atoms with Crippen LogP contribution < -0.4 is 0 Å². The highest BCUT2D eigenvalue weighted by Gasteiger charge is 2.44. The summed E-state index contributed by atoms with van der Waals surface area (Å²) in [6, 6.07) is 0.0729. The molecule has 0 spiro atoms. The molecule has 0 saturated carbocycles. The Morgan fingerprint density at radius 3 is 2.73 bits per heavy atom. The van der Waals surface area contributed by atoms with Crippen molar-refractivity contribution in [3.63, 3.8) is 0 Å². The minimum Gasteiger partial charge on any atom is -0.369 e. The third-order valence-corrected chi connectivity index (χ3v) is 1.79. The van der Waals surface area contributed by atoms with Gasteiger partial charge in [-0.2, -0.15) is 5.10 Å². The molecule has 0 radical (unpaired) electrons. The fourth-order valence-corrected chi connectivity index (χ4v) is 1.17. The van der Waals surface area contributed by atoms with Gasteiger partial charge in [-0.3, -0.25) is 4.79 Å². The van der Waals surface area contributed by atoms with Crippen LogP contribution in [-0.4, -0.2) is 36.4 Å². The number of rotatable bonds is 2. The van der Waals surface area contributed by atoms with Gasteiger partial charge in [0.15, 0.2) is 6.10 Å². The largest absolute Gasteiger partial charge is 0.369 e. The summed E-state index contributed by atoms with van der Waals surface area (Å²) >= 11 is 0. The second-order valence-electron chi connectivity index (χ2n) is 2.45. The summed E-state index contributed by atoms with van der Waals surface area (Å²) in [5.74, 6) is -0.0573. The van der Waals surface area contributed by atoms with Crippen molar-refractivity contribution in [3.8, 4) is 0 Å². The summed E-state index contributed by atoms with van der Waals surface area (Å²) < 4.78 is 4.92. The molecule has 0 unspecified atom stereocenters. The number of hydrogen-bond donors (Lipinski definition) is 0. The third-order valence-electron chi connectivity index (χ3n) is 1.79. The van der Waals surface area contributed by atoms with Crippen LogP contribution in [0.2, 0.25) is 0 Å². The van der Waals surface area contributed by atoms with Gasteiger partial charge in [0.1, 0.15) is 0 Å². The molecular formula is C7H12N2O2. The first-order valence-electron chi connectivity index (χ1n) is 3.56. The molecule has 1 aliphatic heterocycles. The number of ether oxygens (including phenoxy) is 1. The minimum atomic E-state index is -0.293. The molecule has 4 heteroatoms. The molecule has 62 valence electrons. The highest BCUT2D eigenvalue weighted by molar-refractivity contribution is 5.88. The topological polar surface area (TPSA) is 41.9 Å². The van der Waals surface area contributed by atoms with Gasteiger partial charge in [-0.05, 0) is 13.8 Å². The van der Waals surface area contributed by atoms with Gasteiger partial charge in [0.2, 0.25) is 0 Å². The first-order valence-corrected chi connectivity index (χ1v) is 3.56. The van der Waals surface area contributed by atoms with Crippen molar-refractivity contribution in [2.75, 3.05) is 7.11 Å². The van der Waals surface area contributed by atoms with Gasteiger partial charge >= 0.3 is 0 Å². The highest BCUT2D eigenvalue weighted by Crippen LogP contribution is 2.21. The van der Waals surface area contributed by atoms with Crippen LogP contribution in [0.4, 0.5) is 0 Å². The monoisotopic (exact) mass is 156 g/mol. The third kappa shape index (κ3) is 1.14. The second-order valence-corrected chi connectivity index (χ2v) is 2.45. The molecule has 1 saturated heterocycles. The van der Waals surface area contributed by atoms with E-state index in [1.165, 1.54) is 12.1 Å². The minimum absolute atomic E-state index is 0.0573. The van der Waals surface area contributed by atoms with Crippen LogP contribution in [0.15, 0.2) is 5.10 Å². The van der Waals surface area contributed by atoms with Crippen LogP contribution in [0.1, 0.15) is 13.8 Å². The summed E-state index contributed by atoms with van der Waals surface area (Å²) in [4.78, 5) is 11.1. The number of amides is 1. The van der Waals surface area contributed by atoms with Crippen molar-refractivity contribution in [1.29, 1.82) is 0 Å². The fourth-order valence-electron chi connectivity index (χ4n) is 1.17. The molecule has 0 aromatic carbocycles. The predicted octanol–water partition coefficient (Wildman–Crippen LogP) is 0.238. The average molecular weight is 156 g/mol. The van der Waals surface area contributed by atoms with Gasteiger partial charge < -0.3 is 4.74 Å². The zero-order valence-electron chi connectivity index (χ0n) is 6.94. The van der Waals surface area contributed by atoms with Crippen molar-refractivity contribution in [2.24, 2.45) is 5.10 Å². The summed E-state index contributed by atoms with van der Waals surface area (Å²) in [7, 11) is 1.53. The van der Waals surface area contributed by atoms with Crippen LogP contribution in [-0.2, 0) is 9.53 Å². The lowest BCUT2D eigenvalue weighted by Gasteiger charge is -2.40. The van der Waals surface area contributed by atoms with Crippen LogP contribution in [0.25, 0.3) is 0 Å². The van der Waals surface area contributed by atoms with E-state index in [0.717, 1.165) is 0 Å². The molecule has 0 aromatic heterocycles. The first kappa shape index (κ1) is 8.20. The van der Waals surface area contributed by atoms with E-state index in [0.29, 0.717) is 0 Å². The van der Waals surface area contributed by atoms with E-state index >= 15 is 0 Å². The van der Waals surface area contributed by atoms with Crippen LogP contribution >= 0.6 is 0 Å². The van der Waals surface area contributed by atoms with Crippen LogP contribution in [0.5, 0.6) is 0 Å². The molecule has 1 aliphatic rings. The lowest BCUT2D eigenvalue weighted by molar-refractivity contribution is -0.168. The van der Waals surface area contributed by atoms with Gasteiger partial charge in [0, 0.05) is 13.3 Å². The molecular weight excluding hydrogens is 144 g/mol. The maximum atomic E-state index is 11.1. The lowest BCUT2D eigenvalue weighted by atomic mass is 10.0. The van der Waals surface area contributed by atoms with E-state index in [4.69, 9.17) is 4.74 Å². The first-order chi connectivity index (χ1) is 5.22. The fraction of sp³-hybridized carbons (Fsp3) is 0.714. The number of β-lactam (4-membered cyclic amide) rings is 1. The molecule has 0 aromatic rings. The van der Waals surface area contributed by atoms with E-state index in [1.807, 2.05) is 6.92 Å². The lowest BCUT2D eigenvalue weighted by Crippen LogP contribution is -2.61. The number of carbonyl (C=O) groups excluding carboxylic acids is 1. The second kappa shape index (κ2) is 3.00. The van der Waals surface area contributed by atoms with Crippen molar-refractivity contribution in [2.45, 2.75) is 26.0 Å². The molecule has 11 heavy (non-hydrogen) atoms.